The molecule has 9 heteroatoms. The Kier molecular flexibility index (Phi) is 4.97. The minimum absolute atomic E-state index is 0.177. The van der Waals surface area contributed by atoms with Crippen LogP contribution in [0.1, 0.15) is 62.5 Å². The molecule has 2 aromatic rings. The number of nitrogens with zero attached hydrogens (tertiary/aromatic N) is 5. The first-order chi connectivity index (χ1) is 14.1. The molecular formula is C20H29N7O2. The smallest absolute Gasteiger partial charge is 0.233 e. The lowest BCUT2D eigenvalue weighted by molar-refractivity contribution is -0.0276. The van der Waals surface area contributed by atoms with E-state index in [-0.39, 0.29) is 18.1 Å². The highest BCUT2D eigenvalue weighted by Crippen LogP contribution is 2.39. The van der Waals surface area contributed by atoms with E-state index in [0.29, 0.717) is 23.9 Å². The molecule has 3 fully saturated rings. The highest BCUT2D eigenvalue weighted by molar-refractivity contribution is 5.44. The number of rotatable bonds is 5. The van der Waals surface area contributed by atoms with Crippen LogP contribution in [0.3, 0.4) is 0 Å². The van der Waals surface area contributed by atoms with E-state index >= 15 is 0 Å². The molecule has 0 radical (unpaired) electrons. The standard InChI is InChI=1S/C20H29N7O2/c1-11(2)28-14-4-5-16-15(6-14)19(25-24-16)17-7-18(22-10-21-17)27-8-13(9-27)20-23-12(3)26-29-20/h7,10-11,13-16,19,24-25H,4-6,8-9H2,1-3H3. The molecular weight excluding hydrogens is 370 g/mol. The molecule has 29 heavy (non-hydrogen) atoms. The predicted molar refractivity (Wildman–Crippen MR) is 106 cm³/mol. The Morgan fingerprint density at radius 2 is 2.07 bits per heavy atom. The predicted octanol–water partition coefficient (Wildman–Crippen LogP) is 1.88. The molecule has 2 aromatic heterocycles. The zero-order valence-electron chi connectivity index (χ0n) is 17.2. The van der Waals surface area contributed by atoms with Crippen molar-refractivity contribution >= 4 is 5.82 Å². The SMILES string of the molecule is Cc1noc(C2CN(c3cc(C4NNC5CCC(OC(C)C)CC54)ncn3)C2)n1. The number of nitrogens with one attached hydrogen (secondary N) is 2. The zero-order valence-corrected chi connectivity index (χ0v) is 17.2. The van der Waals surface area contributed by atoms with Crippen LogP contribution in [0, 0.1) is 12.8 Å². The van der Waals surface area contributed by atoms with Crippen LogP contribution in [-0.2, 0) is 4.74 Å². The van der Waals surface area contributed by atoms with E-state index in [4.69, 9.17) is 9.26 Å². The van der Waals surface area contributed by atoms with E-state index < -0.39 is 0 Å². The van der Waals surface area contributed by atoms with Crippen molar-refractivity contribution in [1.82, 2.24) is 31.0 Å². The number of fused-ring (bicyclic) bond motifs is 1. The van der Waals surface area contributed by atoms with Crippen LogP contribution in [-0.4, -0.2) is 51.4 Å². The van der Waals surface area contributed by atoms with Crippen LogP contribution in [0.15, 0.2) is 16.9 Å². The molecule has 156 valence electrons. The summed E-state index contributed by atoms with van der Waals surface area (Å²) in [5.41, 5.74) is 8.00. The fourth-order valence-corrected chi connectivity index (χ4v) is 4.82. The van der Waals surface area contributed by atoms with Crippen molar-refractivity contribution in [1.29, 1.82) is 0 Å². The van der Waals surface area contributed by atoms with Gasteiger partial charge in [0, 0.05) is 31.1 Å². The third-order valence-corrected chi connectivity index (χ3v) is 6.26. The monoisotopic (exact) mass is 399 g/mol. The molecule has 4 atom stereocenters. The third kappa shape index (κ3) is 3.74. The summed E-state index contributed by atoms with van der Waals surface area (Å²) >= 11 is 0. The molecule has 5 rings (SSSR count). The summed E-state index contributed by atoms with van der Waals surface area (Å²) in [6, 6.07) is 2.76. The Balaban J connectivity index is 1.26. The molecule has 2 aliphatic heterocycles. The molecule has 4 unspecified atom stereocenters. The van der Waals surface area contributed by atoms with Crippen molar-refractivity contribution in [2.75, 3.05) is 18.0 Å². The Bertz CT molecular complexity index is 851. The van der Waals surface area contributed by atoms with Gasteiger partial charge in [-0.3, -0.25) is 5.43 Å². The second kappa shape index (κ2) is 7.62. The average Bonchev–Trinajstić information content (AvgIpc) is 3.26. The van der Waals surface area contributed by atoms with E-state index in [1.165, 1.54) is 0 Å². The Hall–Kier alpha value is -2.10. The maximum Gasteiger partial charge on any atom is 0.233 e. The van der Waals surface area contributed by atoms with Crippen LogP contribution < -0.4 is 15.8 Å². The third-order valence-electron chi connectivity index (χ3n) is 6.26. The van der Waals surface area contributed by atoms with Gasteiger partial charge >= 0.3 is 0 Å². The maximum atomic E-state index is 6.11. The van der Waals surface area contributed by atoms with E-state index in [1.54, 1.807) is 6.33 Å². The van der Waals surface area contributed by atoms with Crippen LogP contribution in [0.4, 0.5) is 5.82 Å². The summed E-state index contributed by atoms with van der Waals surface area (Å²) in [5.74, 6) is 3.11. The van der Waals surface area contributed by atoms with Crippen molar-refractivity contribution in [3.63, 3.8) is 0 Å². The van der Waals surface area contributed by atoms with Gasteiger partial charge in [0.1, 0.15) is 12.1 Å². The van der Waals surface area contributed by atoms with Gasteiger partial charge in [0.15, 0.2) is 5.82 Å². The highest BCUT2D eigenvalue weighted by atomic mass is 16.5. The molecule has 0 spiro atoms. The lowest BCUT2D eigenvalue weighted by atomic mass is 9.79. The summed E-state index contributed by atoms with van der Waals surface area (Å²) in [6.07, 6.45) is 5.56. The first-order valence-corrected chi connectivity index (χ1v) is 10.6. The number of ether oxygens (including phenoxy) is 1. The quantitative estimate of drug-likeness (QED) is 0.780. The van der Waals surface area contributed by atoms with Gasteiger partial charge in [-0.05, 0) is 40.0 Å². The van der Waals surface area contributed by atoms with Gasteiger partial charge in [0.05, 0.1) is 29.9 Å². The van der Waals surface area contributed by atoms with Crippen molar-refractivity contribution in [3.05, 3.63) is 29.8 Å². The van der Waals surface area contributed by atoms with Crippen LogP contribution in [0.25, 0.3) is 0 Å². The van der Waals surface area contributed by atoms with Gasteiger partial charge in [0.25, 0.3) is 0 Å². The molecule has 2 N–H and O–H groups in total. The average molecular weight is 399 g/mol. The summed E-state index contributed by atoms with van der Waals surface area (Å²) in [5, 5.41) is 3.89. The fraction of sp³-hybridized carbons (Fsp3) is 0.700. The summed E-state index contributed by atoms with van der Waals surface area (Å²) in [6.45, 7) is 7.75. The second-order valence-corrected chi connectivity index (χ2v) is 8.74. The number of hydrogen-bond donors (Lipinski definition) is 2. The first kappa shape index (κ1) is 18.9. The maximum absolute atomic E-state index is 6.11. The van der Waals surface area contributed by atoms with Crippen molar-refractivity contribution in [2.45, 2.75) is 70.2 Å². The number of hydrogen-bond acceptors (Lipinski definition) is 9. The lowest BCUT2D eigenvalue weighted by Gasteiger charge is -2.38. The van der Waals surface area contributed by atoms with Crippen LogP contribution in [0.2, 0.25) is 0 Å². The number of aromatic nitrogens is 4. The molecule has 4 heterocycles. The molecule has 3 aliphatic rings. The van der Waals surface area contributed by atoms with E-state index in [9.17, 15) is 0 Å². The largest absolute Gasteiger partial charge is 0.376 e. The zero-order chi connectivity index (χ0) is 20.0. The van der Waals surface area contributed by atoms with E-state index in [2.05, 4.69) is 55.8 Å². The van der Waals surface area contributed by atoms with Crippen LogP contribution in [0.5, 0.6) is 0 Å². The molecule has 1 saturated carbocycles. The van der Waals surface area contributed by atoms with Crippen LogP contribution >= 0.6 is 0 Å². The van der Waals surface area contributed by atoms with Gasteiger partial charge in [-0.25, -0.2) is 15.4 Å². The Labute approximate surface area is 170 Å². The van der Waals surface area contributed by atoms with Crippen molar-refractivity contribution in [2.24, 2.45) is 5.92 Å². The lowest BCUT2D eigenvalue weighted by Crippen LogP contribution is -2.45. The minimum atomic E-state index is 0.177. The topological polar surface area (TPSA) is 101 Å². The van der Waals surface area contributed by atoms with Gasteiger partial charge in [-0.15, -0.1) is 0 Å². The highest BCUT2D eigenvalue weighted by Gasteiger charge is 2.42. The van der Waals surface area contributed by atoms with Gasteiger partial charge < -0.3 is 14.2 Å². The second-order valence-electron chi connectivity index (χ2n) is 8.74. The van der Waals surface area contributed by atoms with Gasteiger partial charge in [-0.1, -0.05) is 5.16 Å². The first-order valence-electron chi connectivity index (χ1n) is 10.6. The molecule has 0 aromatic carbocycles. The number of aryl methyl sites for hydroxylation is 1. The van der Waals surface area contributed by atoms with Crippen molar-refractivity contribution in [3.8, 4) is 0 Å². The molecule has 0 bridgehead atoms. The number of anilines is 1. The summed E-state index contributed by atoms with van der Waals surface area (Å²) < 4.78 is 11.4. The van der Waals surface area contributed by atoms with Gasteiger partial charge in [-0.2, -0.15) is 4.98 Å². The normalized spacial score (nSPS) is 29.9. The number of hydrazine groups is 1. The fourth-order valence-electron chi connectivity index (χ4n) is 4.82. The molecule has 2 saturated heterocycles. The van der Waals surface area contributed by atoms with Crippen molar-refractivity contribution < 1.29 is 9.26 Å². The van der Waals surface area contributed by atoms with E-state index in [1.807, 2.05) is 6.92 Å². The minimum Gasteiger partial charge on any atom is -0.376 e. The Morgan fingerprint density at radius 3 is 2.83 bits per heavy atom. The molecule has 9 nitrogen and oxygen atoms in total. The summed E-state index contributed by atoms with van der Waals surface area (Å²) in [4.78, 5) is 15.7. The molecule has 1 aliphatic carbocycles. The Morgan fingerprint density at radius 1 is 1.21 bits per heavy atom. The summed E-state index contributed by atoms with van der Waals surface area (Å²) in [7, 11) is 0. The van der Waals surface area contributed by atoms with E-state index in [0.717, 1.165) is 49.8 Å². The molecule has 0 amide bonds. The van der Waals surface area contributed by atoms with Gasteiger partial charge in [0.2, 0.25) is 5.89 Å².